The predicted octanol–water partition coefficient (Wildman–Crippen LogP) is 10.2. The number of aromatic nitrogens is 2. The van der Waals surface area contributed by atoms with E-state index < -0.39 is 11.9 Å². The highest BCUT2D eigenvalue weighted by molar-refractivity contribution is 7.79. The maximum absolute atomic E-state index is 12.7. The number of carbonyl (C=O) groups excluding carboxylic acids is 4. The van der Waals surface area contributed by atoms with Gasteiger partial charge in [0.2, 0.25) is 0 Å². The van der Waals surface area contributed by atoms with Gasteiger partial charge >= 0.3 is 11.9 Å². The second-order valence-electron chi connectivity index (χ2n) is 13.7. The van der Waals surface area contributed by atoms with Crippen LogP contribution in [-0.2, 0) is 35.5 Å². The summed E-state index contributed by atoms with van der Waals surface area (Å²) in [6.45, 7) is 6.09. The lowest BCUT2D eigenvalue weighted by Crippen LogP contribution is -2.17. The largest absolute Gasteiger partial charge is 0.456 e. The van der Waals surface area contributed by atoms with Crippen molar-refractivity contribution in [3.05, 3.63) is 161 Å². The first-order chi connectivity index (χ1) is 26.7. The van der Waals surface area contributed by atoms with E-state index in [1.807, 2.05) is 98.3 Å². The number of esters is 2. The molecule has 4 aromatic heterocycles. The summed E-state index contributed by atoms with van der Waals surface area (Å²) in [4.78, 5) is 59.2. The molecule has 8 rings (SSSR count). The third-order valence-corrected chi connectivity index (χ3v) is 12.0. The normalized spacial score (nSPS) is 15.8. The van der Waals surface area contributed by atoms with Crippen molar-refractivity contribution in [2.24, 2.45) is 0 Å². The minimum Gasteiger partial charge on any atom is -0.456 e. The Morgan fingerprint density at radius 1 is 0.618 bits per heavy atom. The molecule has 0 saturated heterocycles. The van der Waals surface area contributed by atoms with Crippen LogP contribution in [0.25, 0.3) is 0 Å². The molecule has 2 unspecified atom stereocenters. The number of ether oxygens (including phenoxy) is 2. The molecule has 2 aliphatic rings. The maximum atomic E-state index is 12.7. The van der Waals surface area contributed by atoms with Crippen LogP contribution in [0.3, 0.4) is 0 Å². The lowest BCUT2D eigenvalue weighted by molar-refractivity contribution is 0.0457. The number of aryl methyl sites for hydroxylation is 1. The SMILES string of the molecule is CS.Cc1c(C(=O)OCc2ccccc2)[nH]c2c1C(=O)CC(c1cccs1)C2.Cc1ccc(COC(=O)c2[nH]c3c(c2C)C(=O)CC(c2cccs2)C3)cc1. The van der Waals surface area contributed by atoms with Crippen molar-refractivity contribution in [3.63, 3.8) is 0 Å². The Morgan fingerprint density at radius 3 is 1.47 bits per heavy atom. The monoisotopic (exact) mass is 792 g/mol. The van der Waals surface area contributed by atoms with Crippen molar-refractivity contribution in [1.29, 1.82) is 0 Å². The van der Waals surface area contributed by atoms with Crippen LogP contribution in [0, 0.1) is 20.8 Å². The fourth-order valence-corrected chi connectivity index (χ4v) is 8.89. The Balaban J connectivity index is 0.000000179. The summed E-state index contributed by atoms with van der Waals surface area (Å²) in [6.07, 6.45) is 4.16. The first-order valence-corrected chi connectivity index (χ1v) is 20.8. The molecule has 2 atom stereocenters. The van der Waals surface area contributed by atoms with Gasteiger partial charge in [-0.25, -0.2) is 9.59 Å². The standard InChI is InChI=1S/C22H21NO3S.C21H19NO3S.CH4S/c1-13-5-7-15(8-6-13)12-26-22(25)21-14(2)20-17(23-21)10-16(11-18(20)24)19-4-3-9-27-19;1-13-19-16(10-15(11-17(19)23)18-8-5-9-26-18)22-20(13)21(24)25-12-14-6-3-2-4-7-14;1-2/h3-9,16,23H,10-12H2,1-2H3;2-9,15,22H,10-12H2,1H3;2H,1H3. The zero-order chi connectivity index (χ0) is 39.1. The van der Waals surface area contributed by atoms with Crippen LogP contribution in [0.4, 0.5) is 0 Å². The van der Waals surface area contributed by atoms with E-state index in [1.54, 1.807) is 28.9 Å². The van der Waals surface area contributed by atoms with Crippen molar-refractivity contribution in [1.82, 2.24) is 9.97 Å². The molecule has 6 aromatic rings. The van der Waals surface area contributed by atoms with Crippen LogP contribution >= 0.6 is 35.3 Å². The van der Waals surface area contributed by atoms with Gasteiger partial charge in [-0.05, 0) is 85.0 Å². The summed E-state index contributed by atoms with van der Waals surface area (Å²) in [7, 11) is 0. The van der Waals surface area contributed by atoms with Crippen LogP contribution in [0.15, 0.2) is 89.6 Å². The predicted molar refractivity (Wildman–Crippen MR) is 221 cm³/mol. The maximum Gasteiger partial charge on any atom is 0.355 e. The van der Waals surface area contributed by atoms with Gasteiger partial charge in [-0.2, -0.15) is 12.6 Å². The Kier molecular flexibility index (Phi) is 13.1. The number of hydrogen-bond acceptors (Lipinski definition) is 9. The molecule has 11 heteroatoms. The number of rotatable bonds is 8. The van der Waals surface area contributed by atoms with Gasteiger partial charge in [-0.1, -0.05) is 72.3 Å². The molecule has 0 radical (unpaired) electrons. The molecule has 0 fully saturated rings. The topological polar surface area (TPSA) is 118 Å². The van der Waals surface area contributed by atoms with E-state index in [-0.39, 0.29) is 36.6 Å². The second-order valence-corrected chi connectivity index (χ2v) is 15.6. The van der Waals surface area contributed by atoms with Crippen molar-refractivity contribution in [2.45, 2.75) is 71.5 Å². The summed E-state index contributed by atoms with van der Waals surface area (Å²) in [5, 5.41) is 4.06. The lowest BCUT2D eigenvalue weighted by atomic mass is 9.84. The highest BCUT2D eigenvalue weighted by atomic mass is 32.1. The Bertz CT molecular complexity index is 2250. The highest BCUT2D eigenvalue weighted by Crippen LogP contribution is 2.38. The molecule has 2 aliphatic carbocycles. The average molecular weight is 793 g/mol. The smallest absolute Gasteiger partial charge is 0.355 e. The van der Waals surface area contributed by atoms with Gasteiger partial charge < -0.3 is 19.4 Å². The number of thiol groups is 1. The van der Waals surface area contributed by atoms with E-state index in [4.69, 9.17) is 9.47 Å². The molecule has 0 saturated carbocycles. The number of H-pyrrole nitrogens is 2. The van der Waals surface area contributed by atoms with Gasteiger partial charge in [0.25, 0.3) is 0 Å². The van der Waals surface area contributed by atoms with Crippen molar-refractivity contribution in [2.75, 3.05) is 6.26 Å². The number of fused-ring (bicyclic) bond motifs is 2. The zero-order valence-electron chi connectivity index (χ0n) is 31.3. The van der Waals surface area contributed by atoms with Gasteiger partial charge in [-0.15, -0.1) is 22.7 Å². The molecular formula is C44H44N2O6S3. The highest BCUT2D eigenvalue weighted by Gasteiger charge is 2.34. The molecule has 55 heavy (non-hydrogen) atoms. The number of aromatic amines is 2. The Labute approximate surface area is 334 Å². The molecule has 2 N–H and O–H groups in total. The van der Waals surface area contributed by atoms with Crippen LogP contribution in [0.5, 0.6) is 0 Å². The van der Waals surface area contributed by atoms with Crippen molar-refractivity contribution < 1.29 is 28.7 Å². The van der Waals surface area contributed by atoms with Crippen LogP contribution in [0.2, 0.25) is 0 Å². The first-order valence-electron chi connectivity index (χ1n) is 18.1. The van der Waals surface area contributed by atoms with E-state index >= 15 is 0 Å². The second kappa shape index (κ2) is 18.1. The third-order valence-electron chi connectivity index (χ3n) is 9.98. The first kappa shape index (κ1) is 39.7. The minimum absolute atomic E-state index is 0.0977. The summed E-state index contributed by atoms with van der Waals surface area (Å²) in [6, 6.07) is 25.6. The van der Waals surface area contributed by atoms with Crippen LogP contribution in [0.1, 0.15) is 115 Å². The summed E-state index contributed by atoms with van der Waals surface area (Å²) in [5.74, 6) is -0.272. The van der Waals surface area contributed by atoms with E-state index in [0.29, 0.717) is 46.5 Å². The summed E-state index contributed by atoms with van der Waals surface area (Å²) < 4.78 is 10.9. The van der Waals surface area contributed by atoms with Gasteiger partial charge in [0.15, 0.2) is 11.6 Å². The zero-order valence-corrected chi connectivity index (χ0v) is 33.8. The molecule has 8 nitrogen and oxygen atoms in total. The average Bonchev–Trinajstić information content (AvgIpc) is 4.03. The lowest BCUT2D eigenvalue weighted by Gasteiger charge is -2.20. The molecule has 0 bridgehead atoms. The summed E-state index contributed by atoms with van der Waals surface area (Å²) in [5.41, 5.74) is 8.28. The molecule has 2 aromatic carbocycles. The van der Waals surface area contributed by atoms with Gasteiger partial charge in [0.05, 0.1) is 0 Å². The molecular weight excluding hydrogens is 749 g/mol. The van der Waals surface area contributed by atoms with Crippen LogP contribution < -0.4 is 0 Å². The summed E-state index contributed by atoms with van der Waals surface area (Å²) >= 11 is 6.87. The fourth-order valence-electron chi connectivity index (χ4n) is 7.23. The Morgan fingerprint density at radius 2 is 1.05 bits per heavy atom. The van der Waals surface area contributed by atoms with E-state index in [2.05, 4.69) is 34.7 Å². The van der Waals surface area contributed by atoms with Gasteiger partial charge in [-0.3, -0.25) is 9.59 Å². The quantitative estimate of drug-likeness (QED) is 0.104. The van der Waals surface area contributed by atoms with E-state index in [1.165, 1.54) is 9.75 Å². The van der Waals surface area contributed by atoms with Crippen molar-refractivity contribution in [3.8, 4) is 0 Å². The van der Waals surface area contributed by atoms with Gasteiger partial charge in [0.1, 0.15) is 24.6 Å². The molecule has 0 spiro atoms. The number of ketones is 2. The number of thiophene rings is 2. The number of hydrogen-bond donors (Lipinski definition) is 3. The number of carbonyl (C=O) groups is 4. The number of nitrogens with one attached hydrogen (secondary N) is 2. The van der Waals surface area contributed by atoms with E-state index in [9.17, 15) is 19.2 Å². The third kappa shape index (κ3) is 9.12. The molecule has 284 valence electrons. The molecule has 0 aliphatic heterocycles. The number of Topliss-reactive ketones (excluding diaryl/α,β-unsaturated/α-hetero) is 2. The number of benzene rings is 2. The minimum atomic E-state index is -0.416. The van der Waals surface area contributed by atoms with E-state index in [0.717, 1.165) is 40.9 Å². The molecule has 0 amide bonds. The van der Waals surface area contributed by atoms with Crippen LogP contribution in [-0.4, -0.2) is 39.7 Å². The Hall–Kier alpha value is -4.97. The van der Waals surface area contributed by atoms with Gasteiger partial charge in [0, 0.05) is 56.9 Å². The molecule has 4 heterocycles. The van der Waals surface area contributed by atoms with Crippen molar-refractivity contribution >= 4 is 58.8 Å². The fraction of sp³-hybridized carbons (Fsp3) is 0.273.